The number of nitrogens with zero attached hydrogens (tertiary/aromatic N) is 3. The lowest BCUT2D eigenvalue weighted by atomic mass is 9.85. The van der Waals surface area contributed by atoms with Gasteiger partial charge in [0.15, 0.2) is 5.82 Å². The van der Waals surface area contributed by atoms with Crippen molar-refractivity contribution in [3.05, 3.63) is 42.2 Å². The number of para-hydroxylation sites is 1. The Labute approximate surface area is 121 Å². The van der Waals surface area contributed by atoms with E-state index in [0.717, 1.165) is 18.9 Å². The van der Waals surface area contributed by atoms with E-state index in [-0.39, 0.29) is 0 Å². The Morgan fingerprint density at radius 2 is 2.00 bits per heavy atom. The molecule has 0 fully saturated rings. The first-order valence-electron chi connectivity index (χ1n) is 7.54. The summed E-state index contributed by atoms with van der Waals surface area (Å²) in [4.78, 5) is 2.47. The molecule has 2 heterocycles. The van der Waals surface area contributed by atoms with Crippen LogP contribution in [-0.2, 0) is 0 Å². The number of benzene rings is 1. The molecule has 0 N–H and O–H groups in total. The zero-order chi connectivity index (χ0) is 14.2. The maximum atomic E-state index is 4.78. The van der Waals surface area contributed by atoms with Crippen molar-refractivity contribution in [2.45, 2.75) is 46.1 Å². The van der Waals surface area contributed by atoms with E-state index in [2.05, 4.69) is 66.8 Å². The summed E-state index contributed by atoms with van der Waals surface area (Å²) in [6.45, 7) is 7.87. The largest absolute Gasteiger partial charge is 0.291 e. The Balaban J connectivity index is 1.80. The Morgan fingerprint density at radius 3 is 2.70 bits per heavy atom. The van der Waals surface area contributed by atoms with Crippen molar-refractivity contribution in [3.8, 4) is 0 Å². The van der Waals surface area contributed by atoms with Crippen molar-refractivity contribution in [2.24, 2.45) is 10.5 Å². The minimum Gasteiger partial charge on any atom is -0.291 e. The SMILES string of the molecule is CC(C)(C)C[C@H]1CCC=C2N=[N+](c3ccccc3)CN21. The van der Waals surface area contributed by atoms with Crippen molar-refractivity contribution >= 4 is 5.69 Å². The quantitative estimate of drug-likeness (QED) is 0.724. The highest BCUT2D eigenvalue weighted by Crippen LogP contribution is 2.34. The molecule has 3 heteroatoms. The predicted octanol–water partition coefficient (Wildman–Crippen LogP) is 4.50. The predicted molar refractivity (Wildman–Crippen MR) is 80.7 cm³/mol. The first kappa shape index (κ1) is 13.3. The molecule has 0 saturated heterocycles. The van der Waals surface area contributed by atoms with E-state index in [1.807, 2.05) is 0 Å². The molecule has 0 bridgehead atoms. The molecule has 3 nitrogen and oxygen atoms in total. The fourth-order valence-corrected chi connectivity index (χ4v) is 3.11. The van der Waals surface area contributed by atoms with Crippen LogP contribution in [0, 0.1) is 5.41 Å². The molecule has 0 amide bonds. The second-order valence-electron chi connectivity index (χ2n) is 7.00. The van der Waals surface area contributed by atoms with E-state index >= 15 is 0 Å². The van der Waals surface area contributed by atoms with Crippen LogP contribution in [0.1, 0.15) is 40.0 Å². The Kier molecular flexibility index (Phi) is 3.36. The van der Waals surface area contributed by atoms with Gasteiger partial charge >= 0.3 is 0 Å². The third-order valence-corrected chi connectivity index (χ3v) is 3.97. The molecule has 0 unspecified atom stereocenters. The van der Waals surface area contributed by atoms with Gasteiger partial charge in [-0.05, 0) is 30.8 Å². The van der Waals surface area contributed by atoms with Gasteiger partial charge < -0.3 is 0 Å². The molecule has 20 heavy (non-hydrogen) atoms. The van der Waals surface area contributed by atoms with Crippen LogP contribution < -0.4 is 0 Å². The molecule has 106 valence electrons. The number of rotatable bonds is 2. The average Bonchev–Trinajstić information content (AvgIpc) is 2.83. The molecule has 0 saturated carbocycles. The molecule has 0 aliphatic carbocycles. The van der Waals surface area contributed by atoms with Gasteiger partial charge in [-0.25, -0.2) is 0 Å². The Hall–Kier alpha value is -1.64. The van der Waals surface area contributed by atoms with Crippen LogP contribution in [0.15, 0.2) is 47.3 Å². The molecule has 1 atom stereocenters. The molecule has 0 radical (unpaired) electrons. The van der Waals surface area contributed by atoms with Crippen LogP contribution in [0.5, 0.6) is 0 Å². The van der Waals surface area contributed by atoms with E-state index in [4.69, 9.17) is 5.11 Å². The summed E-state index contributed by atoms with van der Waals surface area (Å²) in [6.07, 6.45) is 5.90. The Bertz CT molecular complexity index is 537. The van der Waals surface area contributed by atoms with Crippen LogP contribution in [0.2, 0.25) is 0 Å². The lowest BCUT2D eigenvalue weighted by Crippen LogP contribution is -2.38. The highest BCUT2D eigenvalue weighted by atomic mass is 15.5. The van der Waals surface area contributed by atoms with Gasteiger partial charge in [-0.15, -0.1) is 0 Å². The van der Waals surface area contributed by atoms with Gasteiger partial charge in [-0.2, -0.15) is 0 Å². The van der Waals surface area contributed by atoms with Crippen molar-refractivity contribution < 1.29 is 4.70 Å². The van der Waals surface area contributed by atoms with E-state index in [1.165, 1.54) is 18.5 Å². The molecule has 3 rings (SSSR count). The fraction of sp³-hybridized carbons (Fsp3) is 0.529. The van der Waals surface area contributed by atoms with Crippen molar-refractivity contribution in [2.75, 3.05) is 6.67 Å². The van der Waals surface area contributed by atoms with Gasteiger partial charge in [-0.1, -0.05) is 43.7 Å². The molecule has 1 aromatic rings. The second kappa shape index (κ2) is 5.04. The highest BCUT2D eigenvalue weighted by Gasteiger charge is 2.37. The summed E-state index contributed by atoms with van der Waals surface area (Å²) in [5.41, 5.74) is 1.55. The molecule has 1 aromatic carbocycles. The topological polar surface area (TPSA) is 18.6 Å². The number of azo groups is 2. The molecule has 2 aliphatic rings. The highest BCUT2D eigenvalue weighted by molar-refractivity contribution is 5.28. The van der Waals surface area contributed by atoms with E-state index < -0.39 is 0 Å². The minimum absolute atomic E-state index is 0.368. The summed E-state index contributed by atoms with van der Waals surface area (Å²) < 4.78 is 2.12. The summed E-state index contributed by atoms with van der Waals surface area (Å²) in [5, 5.41) is 4.78. The minimum atomic E-state index is 0.368. The lowest BCUT2D eigenvalue weighted by molar-refractivity contribution is -0.511. The summed E-state index contributed by atoms with van der Waals surface area (Å²) in [7, 11) is 0. The smallest absolute Gasteiger partial charge is 0.252 e. The van der Waals surface area contributed by atoms with Crippen molar-refractivity contribution in [3.63, 3.8) is 0 Å². The zero-order valence-electron chi connectivity index (χ0n) is 12.7. The van der Waals surface area contributed by atoms with E-state index in [9.17, 15) is 0 Å². The standard InChI is InChI=1S/C17H24N3/c1-17(2,3)12-15-10-7-11-16-18-20(13-19(15)16)14-8-5-4-6-9-14/h4-6,8-9,11,15H,7,10,12-13H2,1-3H3/q+1/t15-/m1/s1. The van der Waals surface area contributed by atoms with Gasteiger partial charge in [0.05, 0.1) is 0 Å². The van der Waals surface area contributed by atoms with Crippen LogP contribution in [-0.4, -0.2) is 22.3 Å². The fourth-order valence-electron chi connectivity index (χ4n) is 3.11. The third kappa shape index (κ3) is 2.77. The second-order valence-corrected chi connectivity index (χ2v) is 7.00. The first-order valence-corrected chi connectivity index (χ1v) is 7.54. The number of fused-ring (bicyclic) bond motifs is 1. The maximum Gasteiger partial charge on any atom is 0.252 e. The van der Waals surface area contributed by atoms with Crippen molar-refractivity contribution in [1.82, 2.24) is 4.90 Å². The maximum absolute atomic E-state index is 4.78. The van der Waals surface area contributed by atoms with Crippen molar-refractivity contribution in [1.29, 1.82) is 0 Å². The molecule has 2 aliphatic heterocycles. The average molecular weight is 270 g/mol. The van der Waals surface area contributed by atoms with Gasteiger partial charge in [0.2, 0.25) is 5.69 Å². The van der Waals surface area contributed by atoms with Gasteiger partial charge in [-0.3, -0.25) is 4.90 Å². The van der Waals surface area contributed by atoms with Crippen LogP contribution in [0.4, 0.5) is 5.69 Å². The third-order valence-electron chi connectivity index (χ3n) is 3.97. The molecule has 0 spiro atoms. The summed E-state index contributed by atoms with van der Waals surface area (Å²) >= 11 is 0. The van der Waals surface area contributed by atoms with E-state index in [0.29, 0.717) is 11.5 Å². The monoisotopic (exact) mass is 270 g/mol. The van der Waals surface area contributed by atoms with Gasteiger partial charge in [0.1, 0.15) is 0 Å². The lowest BCUT2D eigenvalue weighted by Gasteiger charge is -2.33. The van der Waals surface area contributed by atoms with Gasteiger partial charge in [0.25, 0.3) is 6.67 Å². The van der Waals surface area contributed by atoms with Crippen LogP contribution >= 0.6 is 0 Å². The molecular formula is C17H24N3+. The number of hydrogen-bond donors (Lipinski definition) is 0. The van der Waals surface area contributed by atoms with Gasteiger partial charge in [0, 0.05) is 23.3 Å². The van der Waals surface area contributed by atoms with Crippen LogP contribution in [0.25, 0.3) is 0 Å². The van der Waals surface area contributed by atoms with E-state index in [1.54, 1.807) is 0 Å². The zero-order valence-corrected chi connectivity index (χ0v) is 12.7. The molecule has 0 aromatic heterocycles. The summed E-state index contributed by atoms with van der Waals surface area (Å²) in [6, 6.07) is 11.1. The molecular weight excluding hydrogens is 246 g/mol. The normalized spacial score (nSPS) is 22.4. The summed E-state index contributed by atoms with van der Waals surface area (Å²) in [5.74, 6) is 1.16. The number of allylic oxidation sites excluding steroid dienone is 1. The van der Waals surface area contributed by atoms with Crippen LogP contribution in [0.3, 0.4) is 0 Å². The first-order chi connectivity index (χ1) is 9.53. The Morgan fingerprint density at radius 1 is 1.25 bits per heavy atom. The number of hydrogen-bond acceptors (Lipinski definition) is 2.